The largest absolute Gasteiger partial charge is 0.480 e. The van der Waals surface area contributed by atoms with Gasteiger partial charge < -0.3 is 14.0 Å². The summed E-state index contributed by atoms with van der Waals surface area (Å²) in [5, 5.41) is 8.14. The molecule has 1 fully saturated rings. The maximum absolute atomic E-state index is 15.6. The van der Waals surface area contributed by atoms with E-state index in [2.05, 4.69) is 20.3 Å². The van der Waals surface area contributed by atoms with Crippen LogP contribution in [0.3, 0.4) is 0 Å². The van der Waals surface area contributed by atoms with Crippen molar-refractivity contribution in [2.75, 3.05) is 26.6 Å². The summed E-state index contributed by atoms with van der Waals surface area (Å²) >= 11 is 0. The lowest BCUT2D eigenvalue weighted by Gasteiger charge is -2.32. The van der Waals surface area contributed by atoms with Crippen LogP contribution < -0.4 is 4.74 Å². The highest BCUT2D eigenvalue weighted by molar-refractivity contribution is 7.91. The van der Waals surface area contributed by atoms with Crippen LogP contribution in [-0.4, -0.2) is 69.5 Å². The lowest BCUT2D eigenvalue weighted by Crippen LogP contribution is -2.28. The number of rotatable bonds is 6. The van der Waals surface area contributed by atoms with E-state index < -0.39 is 28.5 Å². The summed E-state index contributed by atoms with van der Waals surface area (Å²) in [6.07, 6.45) is 6.37. The summed E-state index contributed by atoms with van der Waals surface area (Å²) in [4.78, 5) is 13.3. The van der Waals surface area contributed by atoms with Gasteiger partial charge in [-0.05, 0) is 43.8 Å². The van der Waals surface area contributed by atoms with E-state index in [9.17, 15) is 8.42 Å². The first-order valence-electron chi connectivity index (χ1n) is 14.1. The Kier molecular flexibility index (Phi) is 5.64. The zero-order valence-corrected chi connectivity index (χ0v) is 22.8. The van der Waals surface area contributed by atoms with Crippen LogP contribution in [0.2, 0.25) is 0 Å². The third-order valence-corrected chi connectivity index (χ3v) is 8.44. The third-order valence-electron chi connectivity index (χ3n) is 7.34. The molecule has 6 heterocycles. The molecule has 0 radical (unpaired) electrons. The number of nitrogens with zero attached hydrogens (tertiary/aromatic N) is 7. The minimum Gasteiger partial charge on any atom is -0.480 e. The van der Waals surface area contributed by atoms with Gasteiger partial charge in [0, 0.05) is 48.6 Å². The monoisotopic (exact) mass is 568 g/mol. The normalized spacial score (nSPS) is 17.1. The van der Waals surface area contributed by atoms with Crippen LogP contribution in [0.4, 0.5) is 4.39 Å². The van der Waals surface area contributed by atoms with Crippen LogP contribution in [0.25, 0.3) is 33.2 Å². The molecule has 1 saturated heterocycles. The number of sulfone groups is 1. The minimum atomic E-state index is -3.87. The van der Waals surface area contributed by atoms with Crippen LogP contribution in [0.15, 0.2) is 41.7 Å². The Bertz CT molecular complexity index is 1970. The number of fused-ring (bicyclic) bond motifs is 3. The number of pyridine rings is 3. The van der Waals surface area contributed by atoms with E-state index in [4.69, 9.17) is 18.6 Å². The number of aryl methyl sites for hydroxylation is 2. The summed E-state index contributed by atoms with van der Waals surface area (Å²) in [7, 11) is -0.887. The Morgan fingerprint density at radius 3 is 2.73 bits per heavy atom. The molecule has 5 aromatic rings. The van der Waals surface area contributed by atoms with Crippen LogP contribution in [0.1, 0.15) is 34.4 Å². The molecule has 1 aliphatic rings. The Balaban J connectivity index is 1.80. The van der Waals surface area contributed by atoms with Crippen molar-refractivity contribution in [1.82, 2.24) is 34.5 Å². The van der Waals surface area contributed by atoms with Crippen LogP contribution in [0, 0.1) is 18.6 Å². The van der Waals surface area contributed by atoms with Crippen LogP contribution in [0.5, 0.6) is 5.88 Å². The lowest BCUT2D eigenvalue weighted by molar-refractivity contribution is 0.0542. The second-order valence-corrected chi connectivity index (χ2v) is 11.7. The Morgan fingerprint density at radius 1 is 1.23 bits per heavy atom. The maximum atomic E-state index is 15.6. The molecule has 0 amide bonds. The molecule has 208 valence electrons. The molecule has 40 heavy (non-hydrogen) atoms. The number of methoxy groups -OCH3 is 1. The number of ether oxygens (including phenoxy) is 2. The van der Waals surface area contributed by atoms with Crippen LogP contribution in [-0.2, 0) is 21.6 Å². The Morgan fingerprint density at radius 2 is 2.02 bits per heavy atom. The first kappa shape index (κ1) is 22.8. The van der Waals surface area contributed by atoms with E-state index in [1.807, 2.05) is 0 Å². The first-order chi connectivity index (χ1) is 20.4. The average molecular weight is 569 g/mol. The van der Waals surface area contributed by atoms with Crippen molar-refractivity contribution in [3.8, 4) is 17.1 Å². The van der Waals surface area contributed by atoms with E-state index in [0.717, 1.165) is 6.26 Å². The molecule has 1 aliphatic heterocycles. The molecular formula is C27H28FN7O4S. The maximum Gasteiger partial charge on any atom is 0.224 e. The summed E-state index contributed by atoms with van der Waals surface area (Å²) in [5.74, 6) is -0.631. The predicted octanol–water partition coefficient (Wildman–Crippen LogP) is 3.65. The van der Waals surface area contributed by atoms with Gasteiger partial charge in [0.25, 0.3) is 0 Å². The molecule has 0 spiro atoms. The fourth-order valence-corrected chi connectivity index (χ4v) is 6.39. The predicted molar refractivity (Wildman–Crippen MR) is 145 cm³/mol. The summed E-state index contributed by atoms with van der Waals surface area (Å²) in [6.45, 7) is -1.70. The highest BCUT2D eigenvalue weighted by atomic mass is 32.2. The molecule has 0 N–H and O–H groups in total. The molecule has 0 aromatic carbocycles. The van der Waals surface area contributed by atoms with E-state index >= 15 is 4.39 Å². The molecule has 0 bridgehead atoms. The van der Waals surface area contributed by atoms with Gasteiger partial charge in [0.2, 0.25) is 5.88 Å². The molecule has 0 aliphatic carbocycles. The van der Waals surface area contributed by atoms with Crippen molar-refractivity contribution in [1.29, 1.82) is 0 Å². The van der Waals surface area contributed by atoms with E-state index in [-0.39, 0.29) is 39.3 Å². The Labute approximate surface area is 234 Å². The number of halogens is 1. The van der Waals surface area contributed by atoms with Gasteiger partial charge in [0.05, 0.1) is 52.8 Å². The van der Waals surface area contributed by atoms with Gasteiger partial charge in [-0.1, -0.05) is 5.21 Å². The fraction of sp³-hybridized carbons (Fsp3) is 0.370. The topological polar surface area (TPSA) is 127 Å². The van der Waals surface area contributed by atoms with Crippen molar-refractivity contribution >= 4 is 31.8 Å². The zero-order valence-electron chi connectivity index (χ0n) is 25.0. The van der Waals surface area contributed by atoms with Crippen molar-refractivity contribution in [2.24, 2.45) is 13.0 Å². The third kappa shape index (κ3) is 4.20. The molecule has 0 saturated carbocycles. The first-order valence-corrected chi connectivity index (χ1v) is 14.5. The summed E-state index contributed by atoms with van der Waals surface area (Å²) in [5.41, 5.74) is 1.47. The fourth-order valence-electron chi connectivity index (χ4n) is 5.60. The molecule has 1 unspecified atom stereocenters. The molecule has 11 nitrogen and oxygen atoms in total. The Hall–Kier alpha value is -3.97. The molecule has 13 heteroatoms. The number of aromatic nitrogens is 7. The standard InChI is InChI=1S/C27H28FN7O4S/c1-15-24(34(2)33-32-15)17-12-19-23(30-13-17)21-26(20(40(4,36)37)14-31-27(21)38-3)35(19)25(16-7-10-39-11-8-16)22-18(28)6-5-9-29-22/h5-6,9,12-14,16,25H,7-8,10-11H2,1-4H3/i1D3. The molecule has 5 aromatic heterocycles. The number of hydrogen-bond donors (Lipinski definition) is 0. The van der Waals surface area contributed by atoms with Crippen molar-refractivity contribution in [3.63, 3.8) is 0 Å². The van der Waals surface area contributed by atoms with Crippen molar-refractivity contribution in [2.45, 2.75) is 30.6 Å². The highest BCUT2D eigenvalue weighted by Crippen LogP contribution is 2.44. The van der Waals surface area contributed by atoms with E-state index in [0.29, 0.717) is 48.0 Å². The highest BCUT2D eigenvalue weighted by Gasteiger charge is 2.35. The summed E-state index contributed by atoms with van der Waals surface area (Å²) < 4.78 is 80.4. The van der Waals surface area contributed by atoms with Gasteiger partial charge in [-0.3, -0.25) is 9.97 Å². The molecule has 6 rings (SSSR count). The molecular weight excluding hydrogens is 537 g/mol. The van der Waals surface area contributed by atoms with E-state index in [1.54, 1.807) is 17.7 Å². The van der Waals surface area contributed by atoms with Gasteiger partial charge in [0.1, 0.15) is 16.2 Å². The van der Waals surface area contributed by atoms with Gasteiger partial charge in [-0.15, -0.1) is 5.10 Å². The van der Waals surface area contributed by atoms with Crippen molar-refractivity contribution in [3.05, 3.63) is 54.0 Å². The van der Waals surface area contributed by atoms with Gasteiger partial charge in [-0.25, -0.2) is 22.5 Å². The van der Waals surface area contributed by atoms with Gasteiger partial charge in [0.15, 0.2) is 9.84 Å². The van der Waals surface area contributed by atoms with Gasteiger partial charge >= 0.3 is 0 Å². The smallest absolute Gasteiger partial charge is 0.224 e. The minimum absolute atomic E-state index is 0.0957. The quantitative estimate of drug-likeness (QED) is 0.302. The number of hydrogen-bond acceptors (Lipinski definition) is 9. The SMILES string of the molecule is [2H]C([2H])([2H])c1nnn(C)c1-c1cnc2c3c(OC)ncc(S(C)(=O)=O)c3n(C(c3ncccc3F)C3CCOCC3)c2c1. The van der Waals surface area contributed by atoms with Gasteiger partial charge in [-0.2, -0.15) is 0 Å². The van der Waals surface area contributed by atoms with E-state index in [1.165, 1.54) is 42.5 Å². The second kappa shape index (κ2) is 9.89. The zero-order chi connectivity index (χ0) is 30.7. The van der Waals surface area contributed by atoms with Crippen LogP contribution >= 0.6 is 0 Å². The second-order valence-electron chi connectivity index (χ2n) is 9.76. The summed E-state index contributed by atoms with van der Waals surface area (Å²) in [6, 6.07) is 3.71. The molecule has 1 atom stereocenters. The van der Waals surface area contributed by atoms with Crippen molar-refractivity contribution < 1.29 is 26.4 Å². The average Bonchev–Trinajstić information content (AvgIpc) is 3.52. The lowest BCUT2D eigenvalue weighted by atomic mass is 9.88.